The van der Waals surface area contributed by atoms with Crippen LogP contribution in [0.5, 0.6) is 0 Å². The first-order valence-corrected chi connectivity index (χ1v) is 9.26. The lowest BCUT2D eigenvalue weighted by Crippen LogP contribution is -2.56. The van der Waals surface area contributed by atoms with E-state index in [2.05, 4.69) is 17.4 Å². The first-order valence-electron chi connectivity index (χ1n) is 9.26. The summed E-state index contributed by atoms with van der Waals surface area (Å²) in [5, 5.41) is 12.6. The molecule has 1 aromatic carbocycles. The van der Waals surface area contributed by atoms with Crippen molar-refractivity contribution in [3.63, 3.8) is 0 Å². The molecule has 0 atom stereocenters. The quantitative estimate of drug-likeness (QED) is 0.860. The lowest BCUT2D eigenvalue weighted by atomic mass is 9.74. The molecule has 2 aliphatic rings. The molecule has 0 radical (unpaired) electrons. The lowest BCUT2D eigenvalue weighted by Gasteiger charge is -2.38. The van der Waals surface area contributed by atoms with Crippen LogP contribution < -0.4 is 5.32 Å². The van der Waals surface area contributed by atoms with E-state index < -0.39 is 11.5 Å². The maximum atomic E-state index is 12.4. The van der Waals surface area contributed by atoms with Crippen molar-refractivity contribution in [1.82, 2.24) is 5.32 Å². The van der Waals surface area contributed by atoms with Crippen molar-refractivity contribution < 1.29 is 19.4 Å². The molecule has 1 heterocycles. The highest BCUT2D eigenvalue weighted by Gasteiger charge is 2.43. The number of hydrogen-bond donors (Lipinski definition) is 2. The van der Waals surface area contributed by atoms with Crippen LogP contribution in [0.1, 0.15) is 56.4 Å². The van der Waals surface area contributed by atoms with Crippen LogP contribution in [0.3, 0.4) is 0 Å². The zero-order valence-electron chi connectivity index (χ0n) is 14.6. The van der Waals surface area contributed by atoms with Crippen molar-refractivity contribution >= 4 is 11.9 Å². The summed E-state index contributed by atoms with van der Waals surface area (Å²) >= 11 is 0. The topological polar surface area (TPSA) is 75.6 Å². The molecule has 25 heavy (non-hydrogen) atoms. The van der Waals surface area contributed by atoms with Gasteiger partial charge in [-0.2, -0.15) is 0 Å². The Hall–Kier alpha value is -1.88. The van der Waals surface area contributed by atoms with Crippen LogP contribution in [-0.2, 0) is 14.3 Å². The van der Waals surface area contributed by atoms with Gasteiger partial charge in [-0.05, 0) is 55.9 Å². The van der Waals surface area contributed by atoms with E-state index >= 15 is 0 Å². The van der Waals surface area contributed by atoms with Gasteiger partial charge in [-0.25, -0.2) is 4.79 Å². The Balaban J connectivity index is 1.59. The van der Waals surface area contributed by atoms with Crippen LogP contribution in [-0.4, -0.2) is 35.7 Å². The fourth-order valence-corrected chi connectivity index (χ4v) is 4.09. The normalized spacial score (nSPS) is 27.6. The van der Waals surface area contributed by atoms with E-state index in [1.54, 1.807) is 0 Å². The minimum absolute atomic E-state index is 0.132. The molecule has 0 spiro atoms. The second-order valence-electron chi connectivity index (χ2n) is 7.38. The Morgan fingerprint density at radius 3 is 2.32 bits per heavy atom. The van der Waals surface area contributed by atoms with Crippen LogP contribution in [0.2, 0.25) is 0 Å². The second kappa shape index (κ2) is 8.00. The molecule has 2 N–H and O–H groups in total. The van der Waals surface area contributed by atoms with Crippen LogP contribution in [0.15, 0.2) is 30.3 Å². The zero-order chi connectivity index (χ0) is 17.7. The summed E-state index contributed by atoms with van der Waals surface area (Å²) in [7, 11) is 0. The Morgan fingerprint density at radius 1 is 1.08 bits per heavy atom. The molecule has 1 aromatic rings. The molecule has 136 valence electrons. The number of benzene rings is 1. The third-order valence-corrected chi connectivity index (χ3v) is 5.71. The summed E-state index contributed by atoms with van der Waals surface area (Å²) in [6, 6.07) is 10.2. The van der Waals surface area contributed by atoms with Gasteiger partial charge in [0.25, 0.3) is 0 Å². The fourth-order valence-electron chi connectivity index (χ4n) is 4.09. The summed E-state index contributed by atoms with van der Waals surface area (Å²) in [6.07, 6.45) is 4.71. The van der Waals surface area contributed by atoms with E-state index in [1.807, 2.05) is 18.2 Å². The highest BCUT2D eigenvalue weighted by Crippen LogP contribution is 2.38. The minimum atomic E-state index is -1.10. The summed E-state index contributed by atoms with van der Waals surface area (Å²) < 4.78 is 5.32. The number of carbonyl (C=O) groups excluding carboxylic acids is 1. The number of amides is 1. The number of carboxylic acids is 1. The molecule has 5 nitrogen and oxygen atoms in total. The number of rotatable bonds is 5. The van der Waals surface area contributed by atoms with Crippen LogP contribution in [0.25, 0.3) is 0 Å². The monoisotopic (exact) mass is 345 g/mol. The molecule has 1 saturated carbocycles. The second-order valence-corrected chi connectivity index (χ2v) is 7.38. The Morgan fingerprint density at radius 2 is 1.72 bits per heavy atom. The molecule has 1 saturated heterocycles. The largest absolute Gasteiger partial charge is 0.480 e. The maximum Gasteiger partial charge on any atom is 0.329 e. The highest BCUT2D eigenvalue weighted by atomic mass is 16.5. The fraction of sp³-hybridized carbons (Fsp3) is 0.600. The third kappa shape index (κ3) is 4.40. The van der Waals surface area contributed by atoms with E-state index in [4.69, 9.17) is 4.74 Å². The number of aliphatic carboxylic acids is 1. The zero-order valence-corrected chi connectivity index (χ0v) is 14.6. The predicted molar refractivity (Wildman–Crippen MR) is 94.3 cm³/mol. The summed E-state index contributed by atoms with van der Waals surface area (Å²) in [4.78, 5) is 24.3. The van der Waals surface area contributed by atoms with Crippen LogP contribution in [0, 0.1) is 5.92 Å². The summed E-state index contributed by atoms with van der Waals surface area (Å²) in [6.45, 7) is 1.39. The van der Waals surface area contributed by atoms with Crippen molar-refractivity contribution in [2.24, 2.45) is 5.92 Å². The average molecular weight is 345 g/mol. The lowest BCUT2D eigenvalue weighted by molar-refractivity contribution is -0.149. The summed E-state index contributed by atoms with van der Waals surface area (Å²) in [5.74, 6) is -0.354. The number of ether oxygens (including phenoxy) is 1. The van der Waals surface area contributed by atoms with Crippen molar-refractivity contribution in [3.05, 3.63) is 35.9 Å². The smallest absolute Gasteiger partial charge is 0.329 e. The Kier molecular flexibility index (Phi) is 5.74. The molecule has 5 heteroatoms. The molecular formula is C20H27NO4. The number of hydrogen-bond acceptors (Lipinski definition) is 3. The van der Waals surface area contributed by atoms with Crippen LogP contribution in [0.4, 0.5) is 0 Å². The van der Waals surface area contributed by atoms with E-state index in [0.717, 1.165) is 25.7 Å². The van der Waals surface area contributed by atoms with Gasteiger partial charge in [0, 0.05) is 19.6 Å². The maximum absolute atomic E-state index is 12.4. The molecular weight excluding hydrogens is 318 g/mol. The van der Waals surface area contributed by atoms with Crippen molar-refractivity contribution in [2.75, 3.05) is 13.2 Å². The van der Waals surface area contributed by atoms with Crippen molar-refractivity contribution in [1.29, 1.82) is 0 Å². The van der Waals surface area contributed by atoms with Gasteiger partial charge in [0.05, 0.1) is 0 Å². The SMILES string of the molecule is O=C(CC1CCOCC1)NC1(C(=O)O)CCC(c2ccccc2)CC1. The van der Waals surface area contributed by atoms with Gasteiger partial charge in [0.15, 0.2) is 0 Å². The first-order chi connectivity index (χ1) is 12.1. The van der Waals surface area contributed by atoms with Gasteiger partial charge in [0.1, 0.15) is 5.54 Å². The first kappa shape index (κ1) is 17.9. The van der Waals surface area contributed by atoms with Gasteiger partial charge in [-0.15, -0.1) is 0 Å². The van der Waals surface area contributed by atoms with Gasteiger partial charge < -0.3 is 15.2 Å². The summed E-state index contributed by atoms with van der Waals surface area (Å²) in [5.41, 5.74) is 0.156. The van der Waals surface area contributed by atoms with E-state index in [-0.39, 0.29) is 5.91 Å². The van der Waals surface area contributed by atoms with Crippen molar-refractivity contribution in [2.45, 2.75) is 56.4 Å². The van der Waals surface area contributed by atoms with E-state index in [9.17, 15) is 14.7 Å². The van der Waals surface area contributed by atoms with Gasteiger partial charge in [-0.3, -0.25) is 4.79 Å². The predicted octanol–water partition coefficient (Wildman–Crippen LogP) is 3.10. The number of nitrogens with one attached hydrogen (secondary N) is 1. The minimum Gasteiger partial charge on any atom is -0.480 e. The standard InChI is InChI=1S/C20H27NO4/c22-18(14-15-8-12-25-13-9-15)21-20(19(23)24)10-6-17(7-11-20)16-4-2-1-3-5-16/h1-5,15,17H,6-14H2,(H,21,22)(H,23,24). The van der Waals surface area contributed by atoms with E-state index in [0.29, 0.717) is 44.3 Å². The van der Waals surface area contributed by atoms with E-state index in [1.165, 1.54) is 5.56 Å². The number of carboxylic acid groups (broad SMARTS) is 1. The molecule has 1 aliphatic heterocycles. The van der Waals surface area contributed by atoms with Gasteiger partial charge >= 0.3 is 5.97 Å². The highest BCUT2D eigenvalue weighted by molar-refractivity contribution is 5.87. The molecule has 0 aromatic heterocycles. The molecule has 0 bridgehead atoms. The molecule has 1 aliphatic carbocycles. The molecule has 0 unspecified atom stereocenters. The third-order valence-electron chi connectivity index (χ3n) is 5.71. The number of carbonyl (C=O) groups is 2. The average Bonchev–Trinajstić information content (AvgIpc) is 2.63. The Bertz CT molecular complexity index is 587. The Labute approximate surface area is 148 Å². The van der Waals surface area contributed by atoms with Gasteiger partial charge in [-0.1, -0.05) is 30.3 Å². The van der Waals surface area contributed by atoms with Crippen molar-refractivity contribution in [3.8, 4) is 0 Å². The van der Waals surface area contributed by atoms with Gasteiger partial charge in [0.2, 0.25) is 5.91 Å². The molecule has 1 amide bonds. The molecule has 2 fully saturated rings. The van der Waals surface area contributed by atoms with Crippen LogP contribution >= 0.6 is 0 Å². The molecule has 3 rings (SSSR count).